The minimum atomic E-state index is -0.399. The average Bonchev–Trinajstić information content (AvgIpc) is 3.34. The van der Waals surface area contributed by atoms with Gasteiger partial charge in [0.2, 0.25) is 0 Å². The molecular formula is C21H20N4O3S. The van der Waals surface area contributed by atoms with Crippen molar-refractivity contribution in [1.29, 1.82) is 0 Å². The molecule has 7 nitrogen and oxygen atoms in total. The molecular weight excluding hydrogens is 388 g/mol. The summed E-state index contributed by atoms with van der Waals surface area (Å²) in [4.78, 5) is 17.6. The van der Waals surface area contributed by atoms with Crippen molar-refractivity contribution in [1.82, 2.24) is 15.2 Å². The van der Waals surface area contributed by atoms with Crippen LogP contribution in [-0.2, 0) is 0 Å². The quantitative estimate of drug-likeness (QED) is 0.361. The molecule has 2 atom stereocenters. The Kier molecular flexibility index (Phi) is 5.26. The molecule has 4 rings (SSSR count). The van der Waals surface area contributed by atoms with Gasteiger partial charge < -0.3 is 14.6 Å². The van der Waals surface area contributed by atoms with Crippen molar-refractivity contribution in [2.24, 2.45) is 0 Å². The van der Waals surface area contributed by atoms with Crippen molar-refractivity contribution in [3.63, 3.8) is 0 Å². The van der Waals surface area contributed by atoms with Crippen molar-refractivity contribution >= 4 is 23.0 Å². The van der Waals surface area contributed by atoms with Gasteiger partial charge in [-0.1, -0.05) is 25.1 Å². The van der Waals surface area contributed by atoms with Crippen molar-refractivity contribution in [2.45, 2.75) is 25.4 Å². The Bertz CT molecular complexity index is 1040. The monoisotopic (exact) mass is 408 g/mol. The van der Waals surface area contributed by atoms with Gasteiger partial charge in [-0.15, -0.1) is 0 Å². The minimum absolute atomic E-state index is 0.0140. The zero-order valence-corrected chi connectivity index (χ0v) is 16.6. The van der Waals surface area contributed by atoms with Gasteiger partial charge in [0.25, 0.3) is 5.69 Å². The van der Waals surface area contributed by atoms with Gasteiger partial charge in [0.15, 0.2) is 5.11 Å². The molecule has 0 spiro atoms. The topological polar surface area (TPSA) is 84.4 Å². The largest absolute Gasteiger partial charge is 0.459 e. The summed E-state index contributed by atoms with van der Waals surface area (Å²) in [5.74, 6) is 1.15. The van der Waals surface area contributed by atoms with E-state index in [0.717, 1.165) is 18.7 Å². The van der Waals surface area contributed by atoms with Crippen molar-refractivity contribution in [3.05, 3.63) is 82.4 Å². The van der Waals surface area contributed by atoms with Crippen LogP contribution in [0.4, 0.5) is 5.69 Å². The fraction of sp³-hybridized carbons (Fsp3) is 0.238. The number of pyridine rings is 1. The van der Waals surface area contributed by atoms with E-state index in [1.807, 2.05) is 24.3 Å². The highest BCUT2D eigenvalue weighted by molar-refractivity contribution is 7.80. The number of nitro groups is 1. The lowest BCUT2D eigenvalue weighted by Crippen LogP contribution is -2.30. The summed E-state index contributed by atoms with van der Waals surface area (Å²) in [5, 5.41) is 15.4. The smallest absolute Gasteiger partial charge is 0.280 e. The van der Waals surface area contributed by atoms with Gasteiger partial charge >= 0.3 is 0 Å². The summed E-state index contributed by atoms with van der Waals surface area (Å²) in [7, 11) is 0. The fourth-order valence-corrected chi connectivity index (χ4v) is 4.03. The first-order chi connectivity index (χ1) is 14.1. The van der Waals surface area contributed by atoms with Crippen LogP contribution in [0.15, 0.2) is 65.2 Å². The maximum Gasteiger partial charge on any atom is 0.280 e. The molecule has 0 unspecified atom stereocenters. The van der Waals surface area contributed by atoms with Crippen molar-refractivity contribution in [3.8, 4) is 11.3 Å². The van der Waals surface area contributed by atoms with E-state index in [1.165, 1.54) is 6.07 Å². The Labute approximate surface area is 173 Å². The van der Waals surface area contributed by atoms with Gasteiger partial charge in [0.1, 0.15) is 17.6 Å². The third-order valence-electron chi connectivity index (χ3n) is 4.95. The second-order valence-electron chi connectivity index (χ2n) is 6.80. The third-order valence-corrected chi connectivity index (χ3v) is 5.30. The first-order valence-electron chi connectivity index (χ1n) is 9.41. The van der Waals surface area contributed by atoms with Gasteiger partial charge in [-0.25, -0.2) is 0 Å². The summed E-state index contributed by atoms with van der Waals surface area (Å²) in [6.45, 7) is 2.86. The zero-order chi connectivity index (χ0) is 20.4. The number of benzene rings is 1. The Balaban J connectivity index is 1.75. The number of hydrogen-bond acceptors (Lipinski definition) is 5. The highest BCUT2D eigenvalue weighted by Gasteiger charge is 2.41. The van der Waals surface area contributed by atoms with Crippen LogP contribution in [0.1, 0.15) is 36.9 Å². The molecule has 2 aromatic heterocycles. The van der Waals surface area contributed by atoms with E-state index in [0.29, 0.717) is 22.2 Å². The molecule has 0 bridgehead atoms. The van der Waals surface area contributed by atoms with E-state index >= 15 is 0 Å². The SMILES string of the molecule is CCCN1C(=S)N[C@@H](c2ccccn2)[C@H]1c1ccc(-c2ccccc2[N+](=O)[O-])o1. The molecule has 29 heavy (non-hydrogen) atoms. The molecule has 8 heteroatoms. The predicted octanol–water partition coefficient (Wildman–Crippen LogP) is 4.63. The Morgan fingerprint density at radius 2 is 2.00 bits per heavy atom. The van der Waals surface area contributed by atoms with E-state index in [9.17, 15) is 10.1 Å². The van der Waals surface area contributed by atoms with Crippen LogP contribution in [0.5, 0.6) is 0 Å². The van der Waals surface area contributed by atoms with Gasteiger partial charge in [-0.2, -0.15) is 0 Å². The molecule has 0 aliphatic carbocycles. The first kappa shape index (κ1) is 19.1. The molecule has 1 aliphatic rings. The lowest BCUT2D eigenvalue weighted by molar-refractivity contribution is -0.384. The number of rotatable bonds is 6. The van der Waals surface area contributed by atoms with Crippen LogP contribution in [0, 0.1) is 10.1 Å². The molecule has 1 saturated heterocycles. The van der Waals surface area contributed by atoms with Gasteiger partial charge in [-0.05, 0) is 49.0 Å². The first-order valence-corrected chi connectivity index (χ1v) is 9.82. The number of nitro benzene ring substituents is 1. The Morgan fingerprint density at radius 3 is 2.72 bits per heavy atom. The van der Waals surface area contributed by atoms with E-state index in [2.05, 4.69) is 22.1 Å². The van der Waals surface area contributed by atoms with Crippen LogP contribution >= 0.6 is 12.2 Å². The maximum atomic E-state index is 11.4. The lowest BCUT2D eigenvalue weighted by Gasteiger charge is -2.25. The summed E-state index contributed by atoms with van der Waals surface area (Å²) in [5.41, 5.74) is 1.33. The van der Waals surface area contributed by atoms with Crippen LogP contribution < -0.4 is 5.32 Å². The number of para-hydroxylation sites is 1. The van der Waals surface area contributed by atoms with Crippen LogP contribution in [0.3, 0.4) is 0 Å². The molecule has 1 N–H and O–H groups in total. The van der Waals surface area contributed by atoms with Crippen LogP contribution in [-0.4, -0.2) is 26.5 Å². The van der Waals surface area contributed by atoms with E-state index in [1.54, 1.807) is 30.5 Å². The van der Waals surface area contributed by atoms with Crippen LogP contribution in [0.25, 0.3) is 11.3 Å². The molecule has 1 aromatic carbocycles. The number of hydrogen-bond donors (Lipinski definition) is 1. The van der Waals surface area contributed by atoms with Gasteiger partial charge in [0.05, 0.1) is 22.2 Å². The molecule has 0 amide bonds. The number of nitrogens with one attached hydrogen (secondary N) is 1. The highest BCUT2D eigenvalue weighted by atomic mass is 32.1. The van der Waals surface area contributed by atoms with E-state index < -0.39 is 4.92 Å². The van der Waals surface area contributed by atoms with Gasteiger partial charge in [-0.3, -0.25) is 15.1 Å². The minimum Gasteiger partial charge on any atom is -0.459 e. The summed E-state index contributed by atoms with van der Waals surface area (Å²) < 4.78 is 6.15. The number of thiocarbonyl (C=S) groups is 1. The van der Waals surface area contributed by atoms with Gasteiger partial charge in [0, 0.05) is 18.8 Å². The lowest BCUT2D eigenvalue weighted by atomic mass is 10.0. The summed E-state index contributed by atoms with van der Waals surface area (Å²) in [6.07, 6.45) is 2.67. The fourth-order valence-electron chi connectivity index (χ4n) is 3.69. The number of furan rings is 1. The molecule has 1 fully saturated rings. The van der Waals surface area contributed by atoms with Crippen molar-refractivity contribution in [2.75, 3.05) is 6.54 Å². The van der Waals surface area contributed by atoms with Crippen LogP contribution in [0.2, 0.25) is 0 Å². The molecule has 148 valence electrons. The third kappa shape index (κ3) is 3.58. The maximum absolute atomic E-state index is 11.4. The van der Waals surface area contributed by atoms with E-state index in [-0.39, 0.29) is 17.8 Å². The molecule has 3 aromatic rings. The second-order valence-corrected chi connectivity index (χ2v) is 7.18. The molecule has 1 aliphatic heterocycles. The molecule has 0 saturated carbocycles. The molecule has 0 radical (unpaired) electrons. The molecule has 3 heterocycles. The summed E-state index contributed by atoms with van der Waals surface area (Å²) >= 11 is 5.57. The summed E-state index contributed by atoms with van der Waals surface area (Å²) in [6, 6.07) is 15.6. The normalized spacial score (nSPS) is 18.7. The Hall–Kier alpha value is -3.26. The second kappa shape index (κ2) is 8.00. The zero-order valence-electron chi connectivity index (χ0n) is 15.8. The standard InChI is InChI=1S/C21H20N4O3S/c1-2-13-24-20(19(23-21(24)29)15-8-5-6-12-22-15)18-11-10-17(28-18)14-7-3-4-9-16(14)25(26)27/h3-12,19-20H,2,13H2,1H3,(H,23,29)/t19-,20+/m0/s1. The van der Waals surface area contributed by atoms with E-state index in [4.69, 9.17) is 16.6 Å². The Morgan fingerprint density at radius 1 is 1.21 bits per heavy atom. The predicted molar refractivity (Wildman–Crippen MR) is 113 cm³/mol. The number of aromatic nitrogens is 1. The number of nitrogens with zero attached hydrogens (tertiary/aromatic N) is 3. The average molecular weight is 408 g/mol. The highest BCUT2D eigenvalue weighted by Crippen LogP contribution is 2.41. The van der Waals surface area contributed by atoms with Crippen molar-refractivity contribution < 1.29 is 9.34 Å².